The lowest BCUT2D eigenvalue weighted by molar-refractivity contribution is 0.415. The maximum atomic E-state index is 12.2. The van der Waals surface area contributed by atoms with Gasteiger partial charge in [0.2, 0.25) is 10.0 Å². The van der Waals surface area contributed by atoms with Crippen LogP contribution in [0.2, 0.25) is 0 Å². The van der Waals surface area contributed by atoms with Crippen molar-refractivity contribution in [3.05, 3.63) is 18.2 Å². The van der Waals surface area contributed by atoms with E-state index < -0.39 is 10.0 Å². The number of nitrogen functional groups attached to an aromatic ring is 1. The van der Waals surface area contributed by atoms with E-state index in [4.69, 9.17) is 10.5 Å². The molecule has 0 radical (unpaired) electrons. The van der Waals surface area contributed by atoms with Gasteiger partial charge in [-0.2, -0.15) is 11.8 Å². The monoisotopic (exact) mass is 304 g/mol. The first-order valence-corrected chi connectivity index (χ1v) is 8.58. The SMILES string of the molecule is CCSCC(C)NS(=O)(=O)c1ccc(N)c(OC)c1. The van der Waals surface area contributed by atoms with E-state index in [0.29, 0.717) is 11.4 Å². The molecule has 3 N–H and O–H groups in total. The number of ether oxygens (including phenoxy) is 1. The summed E-state index contributed by atoms with van der Waals surface area (Å²) in [6.45, 7) is 3.88. The summed E-state index contributed by atoms with van der Waals surface area (Å²) in [6.07, 6.45) is 0. The zero-order valence-electron chi connectivity index (χ0n) is 11.3. The Kier molecular flexibility index (Phi) is 5.96. The Morgan fingerprint density at radius 3 is 2.74 bits per heavy atom. The summed E-state index contributed by atoms with van der Waals surface area (Å²) in [5, 5.41) is 0. The second kappa shape index (κ2) is 7.02. The molecular weight excluding hydrogens is 284 g/mol. The van der Waals surface area contributed by atoms with Crippen molar-refractivity contribution in [2.24, 2.45) is 0 Å². The number of thioether (sulfide) groups is 1. The first-order valence-electron chi connectivity index (χ1n) is 5.94. The maximum Gasteiger partial charge on any atom is 0.240 e. The highest BCUT2D eigenvalue weighted by Crippen LogP contribution is 2.24. The van der Waals surface area contributed by atoms with Crippen molar-refractivity contribution in [3.63, 3.8) is 0 Å². The van der Waals surface area contributed by atoms with Crippen LogP contribution < -0.4 is 15.2 Å². The summed E-state index contributed by atoms with van der Waals surface area (Å²) in [5.41, 5.74) is 6.08. The minimum absolute atomic E-state index is 0.126. The van der Waals surface area contributed by atoms with E-state index in [0.717, 1.165) is 11.5 Å². The molecule has 0 saturated carbocycles. The summed E-state index contributed by atoms with van der Waals surface area (Å²) in [6, 6.07) is 4.30. The molecule has 5 nitrogen and oxygen atoms in total. The van der Waals surface area contributed by atoms with E-state index in [9.17, 15) is 8.42 Å². The maximum absolute atomic E-state index is 12.2. The molecule has 0 amide bonds. The van der Waals surface area contributed by atoms with E-state index in [1.807, 2.05) is 13.8 Å². The molecule has 0 saturated heterocycles. The van der Waals surface area contributed by atoms with Crippen molar-refractivity contribution in [2.75, 3.05) is 24.3 Å². The Hall–Kier alpha value is -0.920. The molecule has 0 aliphatic carbocycles. The van der Waals surface area contributed by atoms with E-state index in [2.05, 4.69) is 4.72 Å². The molecule has 0 aromatic heterocycles. The van der Waals surface area contributed by atoms with Crippen molar-refractivity contribution in [2.45, 2.75) is 24.8 Å². The van der Waals surface area contributed by atoms with Gasteiger partial charge in [-0.15, -0.1) is 0 Å². The summed E-state index contributed by atoms with van der Waals surface area (Å²) in [4.78, 5) is 0.159. The average molecular weight is 304 g/mol. The first kappa shape index (κ1) is 16.1. The largest absolute Gasteiger partial charge is 0.495 e. The molecule has 7 heteroatoms. The predicted octanol–water partition coefficient (Wildman–Crippen LogP) is 1.70. The van der Waals surface area contributed by atoms with Crippen LogP contribution in [0.5, 0.6) is 5.75 Å². The highest BCUT2D eigenvalue weighted by Gasteiger charge is 2.18. The number of hydrogen-bond acceptors (Lipinski definition) is 5. The van der Waals surface area contributed by atoms with Crippen LogP contribution in [0.15, 0.2) is 23.1 Å². The molecular formula is C12H20N2O3S2. The normalized spacial score (nSPS) is 13.2. The number of benzene rings is 1. The van der Waals surface area contributed by atoms with Crippen molar-refractivity contribution in [3.8, 4) is 5.75 Å². The van der Waals surface area contributed by atoms with E-state index in [1.54, 1.807) is 11.8 Å². The summed E-state index contributed by atoms with van der Waals surface area (Å²) in [5.74, 6) is 2.06. The van der Waals surface area contributed by atoms with Gasteiger partial charge in [-0.3, -0.25) is 0 Å². The van der Waals surface area contributed by atoms with Crippen molar-refractivity contribution in [1.29, 1.82) is 0 Å². The van der Waals surface area contributed by atoms with Crippen molar-refractivity contribution in [1.82, 2.24) is 4.72 Å². The van der Waals surface area contributed by atoms with Gasteiger partial charge in [0.1, 0.15) is 5.75 Å². The summed E-state index contributed by atoms with van der Waals surface area (Å²) in [7, 11) is -2.08. The Morgan fingerprint density at radius 2 is 2.16 bits per heavy atom. The van der Waals surface area contributed by atoms with E-state index in [1.165, 1.54) is 25.3 Å². The third kappa shape index (κ3) is 4.59. The van der Waals surface area contributed by atoms with Crippen LogP contribution in [0.1, 0.15) is 13.8 Å². The lowest BCUT2D eigenvalue weighted by Crippen LogP contribution is -2.34. The Morgan fingerprint density at radius 1 is 1.47 bits per heavy atom. The number of rotatable bonds is 7. The second-order valence-electron chi connectivity index (χ2n) is 4.09. The zero-order valence-corrected chi connectivity index (χ0v) is 13.0. The van der Waals surface area contributed by atoms with Gasteiger partial charge >= 0.3 is 0 Å². The van der Waals surface area contributed by atoms with Crippen LogP contribution >= 0.6 is 11.8 Å². The summed E-state index contributed by atoms with van der Waals surface area (Å²) < 4.78 is 32.0. The summed E-state index contributed by atoms with van der Waals surface area (Å²) >= 11 is 1.69. The molecule has 1 rings (SSSR count). The Balaban J connectivity index is 2.88. The van der Waals surface area contributed by atoms with E-state index >= 15 is 0 Å². The fraction of sp³-hybridized carbons (Fsp3) is 0.500. The molecule has 0 heterocycles. The number of nitrogens with two attached hydrogens (primary N) is 1. The van der Waals surface area contributed by atoms with E-state index in [-0.39, 0.29) is 10.9 Å². The smallest absolute Gasteiger partial charge is 0.240 e. The van der Waals surface area contributed by atoms with Gasteiger partial charge in [-0.25, -0.2) is 13.1 Å². The van der Waals surface area contributed by atoms with Crippen molar-refractivity contribution < 1.29 is 13.2 Å². The molecule has 108 valence electrons. The zero-order chi connectivity index (χ0) is 14.5. The number of sulfonamides is 1. The first-order chi connectivity index (χ1) is 8.90. The van der Waals surface area contributed by atoms with Crippen LogP contribution in [-0.4, -0.2) is 33.1 Å². The molecule has 0 fully saturated rings. The third-order valence-electron chi connectivity index (χ3n) is 2.44. The topological polar surface area (TPSA) is 81.4 Å². The molecule has 1 aromatic rings. The predicted molar refractivity (Wildman–Crippen MR) is 80.2 cm³/mol. The van der Waals surface area contributed by atoms with Gasteiger partial charge in [-0.05, 0) is 24.8 Å². The minimum Gasteiger partial charge on any atom is -0.495 e. The fourth-order valence-electron chi connectivity index (χ4n) is 1.52. The lowest BCUT2D eigenvalue weighted by Gasteiger charge is -2.14. The molecule has 1 unspecified atom stereocenters. The van der Waals surface area contributed by atoms with Gasteiger partial charge < -0.3 is 10.5 Å². The van der Waals surface area contributed by atoms with Gasteiger partial charge in [-0.1, -0.05) is 6.92 Å². The van der Waals surface area contributed by atoms with Crippen LogP contribution in [-0.2, 0) is 10.0 Å². The number of methoxy groups -OCH3 is 1. The van der Waals surface area contributed by atoms with Gasteiger partial charge in [0.25, 0.3) is 0 Å². The molecule has 1 atom stereocenters. The second-order valence-corrected chi connectivity index (χ2v) is 7.12. The van der Waals surface area contributed by atoms with Gasteiger partial charge in [0, 0.05) is 17.9 Å². The fourth-order valence-corrected chi connectivity index (χ4v) is 3.56. The number of hydrogen-bond donors (Lipinski definition) is 2. The van der Waals surface area contributed by atoms with Gasteiger partial charge in [0.05, 0.1) is 17.7 Å². The highest BCUT2D eigenvalue weighted by molar-refractivity contribution is 7.99. The molecule has 0 aliphatic rings. The molecule has 0 bridgehead atoms. The quantitative estimate of drug-likeness (QED) is 0.749. The Bertz CT molecular complexity index is 518. The van der Waals surface area contributed by atoms with Crippen LogP contribution in [0, 0.1) is 0 Å². The molecule has 19 heavy (non-hydrogen) atoms. The molecule has 0 aliphatic heterocycles. The van der Waals surface area contributed by atoms with Crippen LogP contribution in [0.25, 0.3) is 0 Å². The highest BCUT2D eigenvalue weighted by atomic mass is 32.2. The third-order valence-corrected chi connectivity index (χ3v) is 5.17. The lowest BCUT2D eigenvalue weighted by atomic mass is 10.3. The standard InChI is InChI=1S/C12H20N2O3S2/c1-4-18-8-9(2)14-19(15,16)10-5-6-11(13)12(7-10)17-3/h5-7,9,14H,4,8,13H2,1-3H3. The minimum atomic E-state index is -3.54. The van der Waals surface area contributed by atoms with Crippen LogP contribution in [0.3, 0.4) is 0 Å². The number of nitrogens with one attached hydrogen (secondary N) is 1. The van der Waals surface area contributed by atoms with Crippen LogP contribution in [0.4, 0.5) is 5.69 Å². The van der Waals surface area contributed by atoms with Gasteiger partial charge in [0.15, 0.2) is 0 Å². The number of anilines is 1. The Labute approximate surface area is 119 Å². The average Bonchev–Trinajstić information content (AvgIpc) is 2.36. The van der Waals surface area contributed by atoms with Crippen molar-refractivity contribution >= 4 is 27.5 Å². The molecule has 1 aromatic carbocycles. The molecule has 0 spiro atoms.